The molecule has 4 heteroatoms. The zero-order valence-electron chi connectivity index (χ0n) is 13.9. The Morgan fingerprint density at radius 3 is 2.74 bits per heavy atom. The first-order chi connectivity index (χ1) is 11.2. The molecule has 2 N–H and O–H groups in total. The van der Waals surface area contributed by atoms with Gasteiger partial charge in [0.15, 0.2) is 0 Å². The largest absolute Gasteiger partial charge is 0.493 e. The number of nitrogens with zero attached hydrogens (tertiary/aromatic N) is 1. The molecule has 1 aromatic rings. The number of hydrogen-bond acceptors (Lipinski definition) is 3. The van der Waals surface area contributed by atoms with Crippen LogP contribution in [-0.2, 0) is 11.2 Å². The number of benzene rings is 1. The number of primary amides is 1. The number of carbonyl (C=O) groups is 1. The van der Waals surface area contributed by atoms with Gasteiger partial charge in [-0.3, -0.25) is 4.79 Å². The maximum Gasteiger partial charge on any atom is 0.217 e. The van der Waals surface area contributed by atoms with Gasteiger partial charge >= 0.3 is 0 Å². The molecule has 0 radical (unpaired) electrons. The Bertz CT molecular complexity index is 524. The van der Waals surface area contributed by atoms with E-state index in [-0.39, 0.29) is 5.91 Å². The molecule has 0 unspecified atom stereocenters. The van der Waals surface area contributed by atoms with E-state index in [2.05, 4.69) is 29.2 Å². The molecule has 1 atom stereocenters. The topological polar surface area (TPSA) is 55.6 Å². The van der Waals surface area contributed by atoms with Crippen LogP contribution >= 0.6 is 0 Å². The molecule has 0 saturated carbocycles. The van der Waals surface area contributed by atoms with Gasteiger partial charge in [0.05, 0.1) is 6.61 Å². The highest BCUT2D eigenvalue weighted by Crippen LogP contribution is 2.28. The van der Waals surface area contributed by atoms with Crippen molar-refractivity contribution in [2.45, 2.75) is 38.5 Å². The number of hydrogen-bond donors (Lipinski definition) is 1. The number of likely N-dealkylation sites (tertiary alicyclic amines) is 1. The molecule has 2 heterocycles. The van der Waals surface area contributed by atoms with Crippen LogP contribution < -0.4 is 10.5 Å². The molecule has 1 amide bonds. The van der Waals surface area contributed by atoms with Gasteiger partial charge in [-0.2, -0.15) is 0 Å². The van der Waals surface area contributed by atoms with Crippen molar-refractivity contribution in [3.8, 4) is 5.75 Å². The predicted octanol–water partition coefficient (Wildman–Crippen LogP) is 2.61. The number of fused-ring (bicyclic) bond motifs is 1. The smallest absolute Gasteiger partial charge is 0.217 e. The highest BCUT2D eigenvalue weighted by molar-refractivity contribution is 5.73. The summed E-state index contributed by atoms with van der Waals surface area (Å²) in [5.74, 6) is 2.27. The number of ether oxygens (including phenoxy) is 1. The molecule has 1 fully saturated rings. The Kier molecular flexibility index (Phi) is 5.55. The van der Waals surface area contributed by atoms with Crippen molar-refractivity contribution in [2.75, 3.05) is 26.2 Å². The molecule has 0 aliphatic carbocycles. The second kappa shape index (κ2) is 7.82. The first-order valence-electron chi connectivity index (χ1n) is 8.92. The summed E-state index contributed by atoms with van der Waals surface area (Å²) in [6, 6.07) is 8.44. The standard InChI is InChI=1S/C19H28N2O2/c20-19(22)6-5-15-7-10-21(11-8-15)14-16-9-12-23-18-4-2-1-3-17(18)13-16/h1-4,15-16H,5-14H2,(H2,20,22)/t16-/m1/s1. The van der Waals surface area contributed by atoms with Crippen LogP contribution in [0.1, 0.15) is 37.7 Å². The molecule has 1 aromatic carbocycles. The van der Waals surface area contributed by atoms with E-state index in [0.717, 1.165) is 44.7 Å². The summed E-state index contributed by atoms with van der Waals surface area (Å²) in [6.45, 7) is 4.31. The molecule has 2 aliphatic rings. The van der Waals surface area contributed by atoms with Crippen LogP contribution in [0.5, 0.6) is 5.75 Å². The number of piperidine rings is 1. The van der Waals surface area contributed by atoms with E-state index in [1.54, 1.807) is 0 Å². The van der Waals surface area contributed by atoms with Crippen molar-refractivity contribution in [1.82, 2.24) is 4.90 Å². The van der Waals surface area contributed by atoms with Crippen LogP contribution in [0.4, 0.5) is 0 Å². The minimum Gasteiger partial charge on any atom is -0.493 e. The fraction of sp³-hybridized carbons (Fsp3) is 0.632. The number of para-hydroxylation sites is 1. The summed E-state index contributed by atoms with van der Waals surface area (Å²) < 4.78 is 5.88. The zero-order valence-corrected chi connectivity index (χ0v) is 13.9. The highest BCUT2D eigenvalue weighted by Gasteiger charge is 2.24. The lowest BCUT2D eigenvalue weighted by Crippen LogP contribution is -2.38. The number of rotatable bonds is 5. The fourth-order valence-corrected chi connectivity index (χ4v) is 3.89. The lowest BCUT2D eigenvalue weighted by atomic mass is 9.90. The van der Waals surface area contributed by atoms with E-state index >= 15 is 0 Å². The minimum absolute atomic E-state index is 0.162. The van der Waals surface area contributed by atoms with E-state index in [9.17, 15) is 4.79 Å². The number of nitrogens with two attached hydrogens (primary N) is 1. The van der Waals surface area contributed by atoms with Crippen molar-refractivity contribution in [2.24, 2.45) is 17.6 Å². The van der Waals surface area contributed by atoms with Crippen molar-refractivity contribution in [1.29, 1.82) is 0 Å². The molecule has 2 aliphatic heterocycles. The van der Waals surface area contributed by atoms with Gasteiger partial charge in [0.1, 0.15) is 5.75 Å². The van der Waals surface area contributed by atoms with Gasteiger partial charge in [-0.05, 0) is 68.7 Å². The van der Waals surface area contributed by atoms with Crippen LogP contribution in [0, 0.1) is 11.8 Å². The van der Waals surface area contributed by atoms with Crippen LogP contribution in [0.15, 0.2) is 24.3 Å². The van der Waals surface area contributed by atoms with Crippen molar-refractivity contribution in [3.05, 3.63) is 29.8 Å². The lowest BCUT2D eigenvalue weighted by Gasteiger charge is -2.34. The Hall–Kier alpha value is -1.55. The maximum absolute atomic E-state index is 10.9. The summed E-state index contributed by atoms with van der Waals surface area (Å²) in [4.78, 5) is 13.5. The molecule has 3 rings (SSSR count). The molecule has 0 aromatic heterocycles. The lowest BCUT2D eigenvalue weighted by molar-refractivity contribution is -0.118. The van der Waals surface area contributed by atoms with Crippen LogP contribution in [0.25, 0.3) is 0 Å². The average molecular weight is 316 g/mol. The Morgan fingerprint density at radius 1 is 1.17 bits per heavy atom. The van der Waals surface area contributed by atoms with Crippen LogP contribution in [0.2, 0.25) is 0 Å². The Balaban J connectivity index is 1.46. The second-order valence-corrected chi connectivity index (χ2v) is 7.06. The van der Waals surface area contributed by atoms with E-state index < -0.39 is 0 Å². The molecule has 126 valence electrons. The monoisotopic (exact) mass is 316 g/mol. The van der Waals surface area contributed by atoms with Gasteiger partial charge in [0, 0.05) is 13.0 Å². The second-order valence-electron chi connectivity index (χ2n) is 7.06. The molecule has 23 heavy (non-hydrogen) atoms. The highest BCUT2D eigenvalue weighted by atomic mass is 16.5. The van der Waals surface area contributed by atoms with E-state index in [4.69, 9.17) is 10.5 Å². The third kappa shape index (κ3) is 4.71. The van der Waals surface area contributed by atoms with Crippen LogP contribution in [0.3, 0.4) is 0 Å². The summed E-state index contributed by atoms with van der Waals surface area (Å²) in [7, 11) is 0. The fourth-order valence-electron chi connectivity index (χ4n) is 3.89. The molecular weight excluding hydrogens is 288 g/mol. The molecule has 1 saturated heterocycles. The van der Waals surface area contributed by atoms with E-state index in [0.29, 0.717) is 18.3 Å². The van der Waals surface area contributed by atoms with Gasteiger partial charge in [-0.25, -0.2) is 0 Å². The summed E-state index contributed by atoms with van der Waals surface area (Å²) in [5, 5.41) is 0. The SMILES string of the molecule is NC(=O)CCC1CCN(C[C@@H]2CCOc3ccccc3C2)CC1. The summed E-state index contributed by atoms with van der Waals surface area (Å²) >= 11 is 0. The van der Waals surface area contributed by atoms with Gasteiger partial charge in [0.25, 0.3) is 0 Å². The first kappa shape index (κ1) is 16.3. The van der Waals surface area contributed by atoms with E-state index in [1.807, 2.05) is 0 Å². The molecule has 0 bridgehead atoms. The summed E-state index contributed by atoms with van der Waals surface area (Å²) in [5.41, 5.74) is 6.61. The van der Waals surface area contributed by atoms with Gasteiger partial charge < -0.3 is 15.4 Å². The maximum atomic E-state index is 10.9. The van der Waals surface area contributed by atoms with Crippen molar-refractivity contribution < 1.29 is 9.53 Å². The van der Waals surface area contributed by atoms with E-state index in [1.165, 1.54) is 24.9 Å². The average Bonchev–Trinajstić information content (AvgIpc) is 2.76. The summed E-state index contributed by atoms with van der Waals surface area (Å²) in [6.07, 6.45) is 6.17. The predicted molar refractivity (Wildman–Crippen MR) is 91.3 cm³/mol. The zero-order chi connectivity index (χ0) is 16.1. The van der Waals surface area contributed by atoms with Crippen molar-refractivity contribution >= 4 is 5.91 Å². The van der Waals surface area contributed by atoms with Crippen LogP contribution in [-0.4, -0.2) is 37.0 Å². The first-order valence-corrected chi connectivity index (χ1v) is 8.92. The molecule has 4 nitrogen and oxygen atoms in total. The third-order valence-corrected chi connectivity index (χ3v) is 5.29. The van der Waals surface area contributed by atoms with Gasteiger partial charge in [0.2, 0.25) is 5.91 Å². The number of amides is 1. The molecular formula is C19H28N2O2. The number of carbonyl (C=O) groups excluding carboxylic acids is 1. The third-order valence-electron chi connectivity index (χ3n) is 5.29. The minimum atomic E-state index is -0.162. The van der Waals surface area contributed by atoms with Crippen molar-refractivity contribution in [3.63, 3.8) is 0 Å². The normalized spacial score (nSPS) is 22.9. The molecule has 0 spiro atoms. The quantitative estimate of drug-likeness (QED) is 0.908. The Labute approximate surface area is 139 Å². The van der Waals surface area contributed by atoms with Gasteiger partial charge in [-0.15, -0.1) is 0 Å². The van der Waals surface area contributed by atoms with Gasteiger partial charge in [-0.1, -0.05) is 18.2 Å². The Morgan fingerprint density at radius 2 is 1.96 bits per heavy atom.